The largest absolute Gasteiger partial charge is 0.463 e. The topological polar surface area (TPSA) is 66.8 Å². The Hall–Kier alpha value is 0.0900. The van der Waals surface area contributed by atoms with Gasteiger partial charge in [0.1, 0.15) is 12.7 Å². The summed E-state index contributed by atoms with van der Waals surface area (Å²) >= 11 is 0. The van der Waals surface area contributed by atoms with Crippen LogP contribution >= 0.6 is 21.6 Å². The zero-order valence-corrected chi connectivity index (χ0v) is 11.5. The van der Waals surface area contributed by atoms with Crippen LogP contribution in [0.25, 0.3) is 0 Å². The summed E-state index contributed by atoms with van der Waals surface area (Å²) < 4.78 is 4.81. The molecule has 1 aliphatic rings. The Balaban J connectivity index is 1.92. The fourth-order valence-electron chi connectivity index (χ4n) is 1.52. The number of hydrogen-bond donors (Lipinski definition) is 2. The first-order valence-electron chi connectivity index (χ1n) is 5.95. The molecular weight excluding hydrogens is 260 g/mol. The van der Waals surface area contributed by atoms with Gasteiger partial charge in [-0.05, 0) is 19.3 Å². The standard InChI is InChI=1S/C11H20O4S2/c12-7-9(13)8-15-11(14)4-2-1-3-10-5-6-16-17-10/h9-10,12-13H,1-8H2/t9-,10-/m1/s1. The van der Waals surface area contributed by atoms with Gasteiger partial charge in [-0.1, -0.05) is 28.0 Å². The number of carbonyl (C=O) groups excluding carboxylic acids is 1. The number of esters is 1. The molecule has 0 aromatic heterocycles. The van der Waals surface area contributed by atoms with Gasteiger partial charge in [0.15, 0.2) is 0 Å². The Labute approximate surface area is 110 Å². The number of aliphatic hydroxyl groups excluding tert-OH is 2. The predicted molar refractivity (Wildman–Crippen MR) is 71.0 cm³/mol. The minimum absolute atomic E-state index is 0.107. The summed E-state index contributed by atoms with van der Waals surface area (Å²) in [6.45, 7) is -0.478. The third kappa shape index (κ3) is 7.18. The quantitative estimate of drug-likeness (QED) is 0.400. The highest BCUT2D eigenvalue weighted by Crippen LogP contribution is 2.39. The van der Waals surface area contributed by atoms with Crippen molar-refractivity contribution in [2.75, 3.05) is 19.0 Å². The highest BCUT2D eigenvalue weighted by atomic mass is 33.1. The Morgan fingerprint density at radius 2 is 2.29 bits per heavy atom. The lowest BCUT2D eigenvalue weighted by Gasteiger charge is -2.09. The second-order valence-electron chi connectivity index (χ2n) is 4.09. The van der Waals surface area contributed by atoms with E-state index in [0.717, 1.165) is 18.1 Å². The molecule has 2 N–H and O–H groups in total. The number of hydrogen-bond acceptors (Lipinski definition) is 6. The van der Waals surface area contributed by atoms with E-state index in [1.54, 1.807) is 0 Å². The van der Waals surface area contributed by atoms with Crippen LogP contribution in [0.15, 0.2) is 0 Å². The lowest BCUT2D eigenvalue weighted by molar-refractivity contribution is -0.147. The number of ether oxygens (including phenoxy) is 1. The number of aliphatic hydroxyl groups is 2. The van der Waals surface area contributed by atoms with Gasteiger partial charge in [0.2, 0.25) is 0 Å². The average Bonchev–Trinajstić information content (AvgIpc) is 2.84. The van der Waals surface area contributed by atoms with Gasteiger partial charge in [-0.2, -0.15) is 0 Å². The maximum Gasteiger partial charge on any atom is 0.305 e. The van der Waals surface area contributed by atoms with Gasteiger partial charge in [-0.3, -0.25) is 4.79 Å². The predicted octanol–water partition coefficient (Wildman–Crippen LogP) is 1.60. The highest BCUT2D eigenvalue weighted by molar-refractivity contribution is 8.77. The van der Waals surface area contributed by atoms with Crippen molar-refractivity contribution in [3.05, 3.63) is 0 Å². The zero-order chi connectivity index (χ0) is 12.5. The van der Waals surface area contributed by atoms with Crippen LogP contribution in [0.1, 0.15) is 32.1 Å². The number of unbranched alkanes of at least 4 members (excludes halogenated alkanes) is 1. The maximum absolute atomic E-state index is 11.2. The molecule has 0 radical (unpaired) electrons. The third-order valence-corrected chi connectivity index (χ3v) is 5.54. The Bertz CT molecular complexity index is 220. The van der Waals surface area contributed by atoms with Crippen LogP contribution in [0.3, 0.4) is 0 Å². The van der Waals surface area contributed by atoms with Crippen molar-refractivity contribution in [3.63, 3.8) is 0 Å². The monoisotopic (exact) mass is 280 g/mol. The smallest absolute Gasteiger partial charge is 0.305 e. The molecule has 6 heteroatoms. The van der Waals surface area contributed by atoms with Gasteiger partial charge < -0.3 is 14.9 Å². The van der Waals surface area contributed by atoms with Crippen LogP contribution in [0.2, 0.25) is 0 Å². The zero-order valence-electron chi connectivity index (χ0n) is 9.84. The summed E-state index contributed by atoms with van der Waals surface area (Å²) in [7, 11) is 3.89. The number of carbonyl (C=O) groups is 1. The van der Waals surface area contributed by atoms with E-state index in [2.05, 4.69) is 0 Å². The van der Waals surface area contributed by atoms with Gasteiger partial charge in [0.25, 0.3) is 0 Å². The molecular formula is C11H20O4S2. The minimum Gasteiger partial charge on any atom is -0.463 e. The van der Waals surface area contributed by atoms with E-state index in [4.69, 9.17) is 14.9 Å². The van der Waals surface area contributed by atoms with Gasteiger partial charge >= 0.3 is 5.97 Å². The van der Waals surface area contributed by atoms with Crippen LogP contribution < -0.4 is 0 Å². The van der Waals surface area contributed by atoms with Crippen LogP contribution in [0, 0.1) is 0 Å². The first-order chi connectivity index (χ1) is 8.22. The minimum atomic E-state index is -0.953. The Morgan fingerprint density at radius 3 is 2.94 bits per heavy atom. The summed E-state index contributed by atoms with van der Waals surface area (Å²) in [4.78, 5) is 11.2. The van der Waals surface area contributed by atoms with E-state index >= 15 is 0 Å². The van der Waals surface area contributed by atoms with Crippen molar-refractivity contribution in [2.24, 2.45) is 0 Å². The van der Waals surface area contributed by atoms with Crippen LogP contribution in [0.4, 0.5) is 0 Å². The van der Waals surface area contributed by atoms with Gasteiger partial charge in [0, 0.05) is 17.4 Å². The maximum atomic E-state index is 11.2. The van der Waals surface area contributed by atoms with E-state index in [0.29, 0.717) is 6.42 Å². The lowest BCUT2D eigenvalue weighted by Crippen LogP contribution is -2.21. The summed E-state index contributed by atoms with van der Waals surface area (Å²) in [5, 5.41) is 18.3. The Kier molecular flexibility index (Phi) is 8.09. The van der Waals surface area contributed by atoms with Crippen molar-refractivity contribution in [1.82, 2.24) is 0 Å². The fraction of sp³-hybridized carbons (Fsp3) is 0.909. The summed E-state index contributed by atoms with van der Waals surface area (Å²) in [6.07, 6.45) is 3.80. The molecule has 0 spiro atoms. The lowest BCUT2D eigenvalue weighted by atomic mass is 10.1. The molecule has 1 heterocycles. The molecule has 1 saturated heterocycles. The van der Waals surface area contributed by atoms with E-state index < -0.39 is 6.10 Å². The molecule has 1 fully saturated rings. The fourth-order valence-corrected chi connectivity index (χ4v) is 4.55. The van der Waals surface area contributed by atoms with Crippen LogP contribution in [-0.2, 0) is 9.53 Å². The van der Waals surface area contributed by atoms with Crippen LogP contribution in [0.5, 0.6) is 0 Å². The summed E-state index contributed by atoms with van der Waals surface area (Å²) in [5.41, 5.74) is 0. The first kappa shape index (κ1) is 15.1. The molecule has 0 aromatic rings. The van der Waals surface area contributed by atoms with E-state index in [9.17, 15) is 4.79 Å². The SMILES string of the molecule is O=C(CCCC[C@@H]1CCSS1)OC[C@H](O)CO. The molecule has 0 aliphatic carbocycles. The molecule has 0 saturated carbocycles. The molecule has 100 valence electrons. The van der Waals surface area contributed by atoms with Gasteiger partial charge in [-0.25, -0.2) is 0 Å². The normalized spacial score (nSPS) is 21.4. The third-order valence-electron chi connectivity index (χ3n) is 2.53. The van der Waals surface area contributed by atoms with Crippen molar-refractivity contribution in [1.29, 1.82) is 0 Å². The van der Waals surface area contributed by atoms with Crippen molar-refractivity contribution in [3.8, 4) is 0 Å². The van der Waals surface area contributed by atoms with E-state index in [-0.39, 0.29) is 19.2 Å². The first-order valence-corrected chi connectivity index (χ1v) is 8.33. The molecule has 0 bridgehead atoms. The molecule has 4 nitrogen and oxygen atoms in total. The second kappa shape index (κ2) is 9.08. The van der Waals surface area contributed by atoms with Crippen molar-refractivity contribution < 1.29 is 19.7 Å². The summed E-state index contributed by atoms with van der Waals surface area (Å²) in [5.74, 6) is 0.960. The average molecular weight is 280 g/mol. The molecule has 1 rings (SSSR count). The van der Waals surface area contributed by atoms with E-state index in [1.807, 2.05) is 21.6 Å². The van der Waals surface area contributed by atoms with Crippen LogP contribution in [-0.4, -0.2) is 46.5 Å². The van der Waals surface area contributed by atoms with Gasteiger partial charge in [-0.15, -0.1) is 0 Å². The Morgan fingerprint density at radius 1 is 1.47 bits per heavy atom. The summed E-state index contributed by atoms with van der Waals surface area (Å²) in [6, 6.07) is 0. The molecule has 0 aromatic carbocycles. The van der Waals surface area contributed by atoms with Crippen molar-refractivity contribution in [2.45, 2.75) is 43.5 Å². The molecule has 2 atom stereocenters. The van der Waals surface area contributed by atoms with Crippen molar-refractivity contribution >= 4 is 27.6 Å². The molecule has 1 aliphatic heterocycles. The highest BCUT2D eigenvalue weighted by Gasteiger charge is 2.16. The molecule has 0 amide bonds. The van der Waals surface area contributed by atoms with E-state index in [1.165, 1.54) is 18.6 Å². The second-order valence-corrected chi connectivity index (χ2v) is 6.88. The van der Waals surface area contributed by atoms with Gasteiger partial charge in [0.05, 0.1) is 6.61 Å². The molecule has 0 unspecified atom stereocenters. The molecule has 17 heavy (non-hydrogen) atoms. The number of rotatable bonds is 8.